The Morgan fingerprint density at radius 3 is 2.50 bits per heavy atom. The molecule has 14 heavy (non-hydrogen) atoms. The first kappa shape index (κ1) is 13.9. The number of ether oxygens (including phenoxy) is 1. The van der Waals surface area contributed by atoms with Gasteiger partial charge in [0.25, 0.3) is 0 Å². The van der Waals surface area contributed by atoms with Gasteiger partial charge in [0, 0.05) is 4.83 Å². The van der Waals surface area contributed by atoms with Crippen LogP contribution in [0.3, 0.4) is 0 Å². The first-order valence-corrected chi connectivity index (χ1v) is 5.86. The van der Waals surface area contributed by atoms with E-state index >= 15 is 0 Å². The Balaban J connectivity index is 3.82. The predicted octanol–water partition coefficient (Wildman–Crippen LogP) is 2.11. The zero-order valence-electron chi connectivity index (χ0n) is 9.00. The maximum absolute atomic E-state index is 11.0. The van der Waals surface area contributed by atoms with Crippen LogP contribution >= 0.6 is 15.9 Å². The van der Waals surface area contributed by atoms with Crippen molar-refractivity contribution in [3.63, 3.8) is 0 Å². The van der Waals surface area contributed by atoms with E-state index in [0.29, 0.717) is 12.5 Å². The summed E-state index contributed by atoms with van der Waals surface area (Å²) in [5.41, 5.74) is 0. The summed E-state index contributed by atoms with van der Waals surface area (Å²) in [6.45, 7) is 6.27. The van der Waals surface area contributed by atoms with Gasteiger partial charge in [-0.05, 0) is 19.3 Å². The van der Waals surface area contributed by atoms with Gasteiger partial charge in [-0.1, -0.05) is 29.8 Å². The first-order chi connectivity index (χ1) is 6.47. The number of aliphatic hydroxyl groups is 1. The SMILES string of the molecule is CCOC(=O)C[C@@H](O)[C@H](Br)CC(C)C. The highest BCUT2D eigenvalue weighted by atomic mass is 79.9. The van der Waals surface area contributed by atoms with Gasteiger partial charge in [-0.25, -0.2) is 0 Å². The third-order valence-electron chi connectivity index (χ3n) is 1.80. The van der Waals surface area contributed by atoms with Crippen LogP contribution in [0.15, 0.2) is 0 Å². The van der Waals surface area contributed by atoms with Gasteiger partial charge in [-0.15, -0.1) is 0 Å². The Morgan fingerprint density at radius 1 is 1.50 bits per heavy atom. The molecule has 0 aliphatic rings. The second kappa shape index (κ2) is 7.23. The lowest BCUT2D eigenvalue weighted by Crippen LogP contribution is -2.26. The van der Waals surface area contributed by atoms with E-state index in [2.05, 4.69) is 29.8 Å². The molecule has 0 unspecified atom stereocenters. The smallest absolute Gasteiger partial charge is 0.308 e. The molecule has 0 aromatic rings. The lowest BCUT2D eigenvalue weighted by atomic mass is 10.0. The van der Waals surface area contributed by atoms with Crippen molar-refractivity contribution < 1.29 is 14.6 Å². The Kier molecular flexibility index (Phi) is 7.19. The van der Waals surface area contributed by atoms with Crippen molar-refractivity contribution in [3.8, 4) is 0 Å². The number of halogens is 1. The van der Waals surface area contributed by atoms with Gasteiger partial charge in [0.05, 0.1) is 19.1 Å². The largest absolute Gasteiger partial charge is 0.466 e. The minimum absolute atomic E-state index is 0.0353. The average Bonchev–Trinajstić information content (AvgIpc) is 2.02. The molecule has 0 rings (SSSR count). The fraction of sp³-hybridized carbons (Fsp3) is 0.900. The molecule has 3 nitrogen and oxygen atoms in total. The molecule has 0 aromatic carbocycles. The van der Waals surface area contributed by atoms with E-state index in [-0.39, 0.29) is 17.2 Å². The second-order valence-corrected chi connectivity index (χ2v) is 4.90. The maximum atomic E-state index is 11.0. The van der Waals surface area contributed by atoms with Crippen LogP contribution in [-0.4, -0.2) is 28.6 Å². The van der Waals surface area contributed by atoms with Gasteiger partial charge < -0.3 is 9.84 Å². The molecule has 0 saturated carbocycles. The predicted molar refractivity (Wildman–Crippen MR) is 59.4 cm³/mol. The number of carbonyl (C=O) groups excluding carboxylic acids is 1. The summed E-state index contributed by atoms with van der Waals surface area (Å²) in [6.07, 6.45) is 0.258. The number of aliphatic hydroxyl groups excluding tert-OH is 1. The molecule has 0 aliphatic heterocycles. The molecule has 0 bridgehead atoms. The summed E-state index contributed by atoms with van der Waals surface area (Å²) in [6, 6.07) is 0. The lowest BCUT2D eigenvalue weighted by Gasteiger charge is -2.18. The molecule has 84 valence electrons. The highest BCUT2D eigenvalue weighted by molar-refractivity contribution is 9.09. The van der Waals surface area contributed by atoms with Crippen molar-refractivity contribution >= 4 is 21.9 Å². The minimum Gasteiger partial charge on any atom is -0.466 e. The topological polar surface area (TPSA) is 46.5 Å². The monoisotopic (exact) mass is 266 g/mol. The molecule has 0 radical (unpaired) electrons. The van der Waals surface area contributed by atoms with Gasteiger partial charge in [0.1, 0.15) is 0 Å². The van der Waals surface area contributed by atoms with Crippen molar-refractivity contribution in [2.24, 2.45) is 5.92 Å². The van der Waals surface area contributed by atoms with Gasteiger partial charge in [-0.2, -0.15) is 0 Å². The van der Waals surface area contributed by atoms with Crippen molar-refractivity contribution in [3.05, 3.63) is 0 Å². The number of carbonyl (C=O) groups is 1. The highest BCUT2D eigenvalue weighted by Crippen LogP contribution is 2.18. The summed E-state index contributed by atoms with van der Waals surface area (Å²) in [7, 11) is 0. The third-order valence-corrected chi connectivity index (χ3v) is 2.78. The zero-order chi connectivity index (χ0) is 11.1. The van der Waals surface area contributed by atoms with Crippen molar-refractivity contribution in [2.45, 2.75) is 44.5 Å². The van der Waals surface area contributed by atoms with Crippen molar-refractivity contribution in [1.29, 1.82) is 0 Å². The van der Waals surface area contributed by atoms with E-state index in [1.165, 1.54) is 0 Å². The zero-order valence-corrected chi connectivity index (χ0v) is 10.6. The Morgan fingerprint density at radius 2 is 2.07 bits per heavy atom. The Hall–Kier alpha value is -0.0900. The van der Waals surface area contributed by atoms with E-state index in [0.717, 1.165) is 6.42 Å². The molecule has 4 heteroatoms. The summed E-state index contributed by atoms with van der Waals surface area (Å²) in [4.78, 5) is 11.0. The summed E-state index contributed by atoms with van der Waals surface area (Å²) < 4.78 is 4.75. The minimum atomic E-state index is -0.656. The van der Waals surface area contributed by atoms with E-state index in [4.69, 9.17) is 4.74 Å². The number of alkyl halides is 1. The highest BCUT2D eigenvalue weighted by Gasteiger charge is 2.20. The van der Waals surface area contributed by atoms with Crippen molar-refractivity contribution in [2.75, 3.05) is 6.61 Å². The van der Waals surface area contributed by atoms with Crippen LogP contribution in [0.5, 0.6) is 0 Å². The number of hydrogen-bond acceptors (Lipinski definition) is 3. The summed E-state index contributed by atoms with van der Waals surface area (Å²) in [5, 5.41) is 9.62. The molecule has 2 atom stereocenters. The summed E-state index contributed by atoms with van der Waals surface area (Å²) >= 11 is 3.37. The number of hydrogen-bond donors (Lipinski definition) is 1. The van der Waals surface area contributed by atoms with Crippen LogP contribution in [0.25, 0.3) is 0 Å². The molecular weight excluding hydrogens is 248 g/mol. The molecule has 0 aliphatic carbocycles. The number of rotatable bonds is 6. The molecule has 0 spiro atoms. The van der Waals surface area contributed by atoms with Gasteiger partial charge >= 0.3 is 5.97 Å². The van der Waals surface area contributed by atoms with Gasteiger partial charge in [0.15, 0.2) is 0 Å². The third kappa shape index (κ3) is 6.38. The van der Waals surface area contributed by atoms with Crippen LogP contribution in [0.1, 0.15) is 33.6 Å². The molecule has 0 fully saturated rings. The summed E-state index contributed by atoms with van der Waals surface area (Å²) in [5.74, 6) is 0.157. The van der Waals surface area contributed by atoms with Crippen LogP contribution in [-0.2, 0) is 9.53 Å². The Bertz CT molecular complexity index is 171. The van der Waals surface area contributed by atoms with Crippen LogP contribution in [0, 0.1) is 5.92 Å². The molecule has 0 heterocycles. The van der Waals surface area contributed by atoms with E-state index < -0.39 is 6.10 Å². The molecule has 1 N–H and O–H groups in total. The average molecular weight is 267 g/mol. The number of esters is 1. The lowest BCUT2D eigenvalue weighted by molar-refractivity contribution is -0.145. The first-order valence-electron chi connectivity index (χ1n) is 4.95. The molecule has 0 amide bonds. The van der Waals surface area contributed by atoms with E-state index in [9.17, 15) is 9.90 Å². The fourth-order valence-electron chi connectivity index (χ4n) is 1.13. The van der Waals surface area contributed by atoms with Crippen LogP contribution in [0.2, 0.25) is 0 Å². The second-order valence-electron chi connectivity index (χ2n) is 3.72. The van der Waals surface area contributed by atoms with Crippen LogP contribution < -0.4 is 0 Å². The standard InChI is InChI=1S/C10H19BrO3/c1-4-14-10(13)6-9(12)8(11)5-7(2)3/h7-9,12H,4-6H2,1-3H3/t8-,9-/m1/s1. The maximum Gasteiger partial charge on any atom is 0.308 e. The van der Waals surface area contributed by atoms with E-state index in [1.807, 2.05) is 0 Å². The normalized spacial score (nSPS) is 15.3. The molecular formula is C10H19BrO3. The van der Waals surface area contributed by atoms with Gasteiger partial charge in [-0.3, -0.25) is 4.79 Å². The van der Waals surface area contributed by atoms with Crippen LogP contribution in [0.4, 0.5) is 0 Å². The van der Waals surface area contributed by atoms with Gasteiger partial charge in [0.2, 0.25) is 0 Å². The Labute approximate surface area is 94.0 Å². The van der Waals surface area contributed by atoms with Crippen molar-refractivity contribution in [1.82, 2.24) is 0 Å². The molecule has 0 aromatic heterocycles. The molecule has 0 saturated heterocycles. The quantitative estimate of drug-likeness (QED) is 0.592. The fourth-order valence-corrected chi connectivity index (χ4v) is 2.06. The van der Waals surface area contributed by atoms with E-state index in [1.54, 1.807) is 6.92 Å².